The Morgan fingerprint density at radius 3 is 2.12 bits per heavy atom. The van der Waals surface area contributed by atoms with Crippen LogP contribution in [0.2, 0.25) is 0 Å². The molecule has 0 heterocycles. The van der Waals surface area contributed by atoms with Crippen molar-refractivity contribution in [1.29, 1.82) is 0 Å². The normalized spacial score (nSPS) is 12.5. The maximum absolute atomic E-state index is 14.8. The summed E-state index contributed by atoms with van der Waals surface area (Å²) in [6, 6.07) is 27.3. The van der Waals surface area contributed by atoms with Gasteiger partial charge in [0.2, 0.25) is 11.8 Å². The van der Waals surface area contributed by atoms with Crippen LogP contribution in [0.5, 0.6) is 11.5 Å². The van der Waals surface area contributed by atoms with Gasteiger partial charge in [-0.2, -0.15) is 0 Å². The summed E-state index contributed by atoms with van der Waals surface area (Å²) >= 11 is 0. The van der Waals surface area contributed by atoms with E-state index in [-0.39, 0.29) is 35.5 Å². The predicted octanol–water partition coefficient (Wildman–Crippen LogP) is 6.07. The Balaban J connectivity index is 1.87. The van der Waals surface area contributed by atoms with Crippen molar-refractivity contribution in [2.24, 2.45) is 0 Å². The van der Waals surface area contributed by atoms with Gasteiger partial charge in [0.15, 0.2) is 0 Å². The lowest BCUT2D eigenvalue weighted by molar-refractivity contribution is -0.140. The van der Waals surface area contributed by atoms with E-state index >= 15 is 0 Å². The lowest BCUT2D eigenvalue weighted by atomic mass is 10.0. The Hall–Kier alpha value is -4.83. The SMILES string of the molecule is CC[C@H](C)NC(=O)[C@@H](Cc1ccccc1)N(Cc1cccc(OC)c1)C(=O)CN(c1cc(C)ccc1OC)S(=O)(=O)c1ccc(C)cc1. The zero-order valence-electron chi connectivity index (χ0n) is 28.5. The molecule has 0 saturated carbocycles. The number of carbonyl (C=O) groups is 2. The molecule has 0 aliphatic heterocycles. The number of hydrogen-bond donors (Lipinski definition) is 1. The first-order valence-corrected chi connectivity index (χ1v) is 17.4. The lowest BCUT2D eigenvalue weighted by Gasteiger charge is -2.34. The van der Waals surface area contributed by atoms with E-state index in [1.807, 2.05) is 76.2 Å². The summed E-state index contributed by atoms with van der Waals surface area (Å²) in [6.07, 6.45) is 0.917. The quantitative estimate of drug-likeness (QED) is 0.165. The first-order chi connectivity index (χ1) is 23.0. The highest BCUT2D eigenvalue weighted by molar-refractivity contribution is 7.92. The summed E-state index contributed by atoms with van der Waals surface area (Å²) in [4.78, 5) is 30.3. The number of hydrogen-bond acceptors (Lipinski definition) is 6. The molecule has 4 aromatic carbocycles. The molecule has 1 N–H and O–H groups in total. The molecule has 0 aliphatic rings. The van der Waals surface area contributed by atoms with Gasteiger partial charge in [0.1, 0.15) is 24.1 Å². The van der Waals surface area contributed by atoms with Crippen molar-refractivity contribution in [1.82, 2.24) is 10.2 Å². The number of benzene rings is 4. The molecule has 0 unspecified atom stereocenters. The molecule has 4 aromatic rings. The number of sulfonamides is 1. The molecule has 0 fully saturated rings. The van der Waals surface area contributed by atoms with E-state index in [0.29, 0.717) is 17.9 Å². The second kappa shape index (κ2) is 16.3. The van der Waals surface area contributed by atoms with Gasteiger partial charge in [-0.1, -0.05) is 73.2 Å². The van der Waals surface area contributed by atoms with Crippen LogP contribution >= 0.6 is 0 Å². The number of nitrogens with zero attached hydrogens (tertiary/aromatic N) is 2. The number of aryl methyl sites for hydroxylation is 2. The lowest BCUT2D eigenvalue weighted by Crippen LogP contribution is -2.54. The van der Waals surface area contributed by atoms with Crippen LogP contribution in [0.4, 0.5) is 5.69 Å². The van der Waals surface area contributed by atoms with Gasteiger partial charge in [-0.25, -0.2) is 8.42 Å². The van der Waals surface area contributed by atoms with Crippen LogP contribution in [0.3, 0.4) is 0 Å². The van der Waals surface area contributed by atoms with E-state index in [2.05, 4.69) is 5.32 Å². The molecular formula is C38H45N3O6S. The number of amides is 2. The minimum Gasteiger partial charge on any atom is -0.497 e. The standard InChI is InChI=1S/C38H45N3O6S/c1-7-29(4)39-38(43)35(24-30-12-9-8-10-13-30)40(25-31-14-11-15-32(23-31)46-5)37(42)26-41(34-22-28(3)18-21-36(34)47-6)48(44,45)33-19-16-27(2)17-20-33/h8-23,29,35H,7,24-26H2,1-6H3,(H,39,43)/t29-,35+/m0/s1. The molecular weight excluding hydrogens is 627 g/mol. The zero-order valence-corrected chi connectivity index (χ0v) is 29.3. The Bertz CT molecular complexity index is 1800. The van der Waals surface area contributed by atoms with Crippen LogP contribution < -0.4 is 19.1 Å². The van der Waals surface area contributed by atoms with Crippen molar-refractivity contribution in [3.05, 3.63) is 119 Å². The Labute approximate surface area is 284 Å². The molecule has 0 bridgehead atoms. The van der Waals surface area contributed by atoms with Crippen molar-refractivity contribution in [3.63, 3.8) is 0 Å². The zero-order chi connectivity index (χ0) is 34.8. The molecule has 254 valence electrons. The van der Waals surface area contributed by atoms with Gasteiger partial charge in [-0.3, -0.25) is 13.9 Å². The second-order valence-corrected chi connectivity index (χ2v) is 13.8. The average Bonchev–Trinajstić information content (AvgIpc) is 3.09. The molecule has 0 saturated heterocycles. The van der Waals surface area contributed by atoms with Crippen molar-refractivity contribution >= 4 is 27.5 Å². The summed E-state index contributed by atoms with van der Waals surface area (Å²) in [7, 11) is -1.26. The van der Waals surface area contributed by atoms with Crippen molar-refractivity contribution in [3.8, 4) is 11.5 Å². The number of nitrogens with one attached hydrogen (secondary N) is 1. The predicted molar refractivity (Wildman–Crippen MR) is 189 cm³/mol. The van der Waals surface area contributed by atoms with Gasteiger partial charge in [-0.05, 0) is 80.3 Å². The number of anilines is 1. The van der Waals surface area contributed by atoms with Gasteiger partial charge >= 0.3 is 0 Å². The topological polar surface area (TPSA) is 105 Å². The molecule has 4 rings (SSSR count). The molecule has 0 spiro atoms. The largest absolute Gasteiger partial charge is 0.497 e. The van der Waals surface area contributed by atoms with E-state index in [1.165, 1.54) is 24.1 Å². The highest BCUT2D eigenvalue weighted by Gasteiger charge is 2.36. The van der Waals surface area contributed by atoms with Crippen molar-refractivity contribution in [2.45, 2.75) is 64.1 Å². The van der Waals surface area contributed by atoms with Crippen LogP contribution in [-0.4, -0.2) is 58.0 Å². The van der Waals surface area contributed by atoms with Gasteiger partial charge in [-0.15, -0.1) is 0 Å². The summed E-state index contributed by atoms with van der Waals surface area (Å²) in [5.74, 6) is -0.00163. The fraction of sp³-hybridized carbons (Fsp3) is 0.316. The van der Waals surface area contributed by atoms with Crippen LogP contribution in [0.25, 0.3) is 0 Å². The van der Waals surface area contributed by atoms with Crippen molar-refractivity contribution < 1.29 is 27.5 Å². The number of ether oxygens (including phenoxy) is 2. The summed E-state index contributed by atoms with van der Waals surface area (Å²) < 4.78 is 40.9. The third kappa shape index (κ3) is 8.95. The van der Waals surface area contributed by atoms with E-state index < -0.39 is 28.5 Å². The van der Waals surface area contributed by atoms with E-state index in [4.69, 9.17) is 9.47 Å². The average molecular weight is 672 g/mol. The van der Waals surface area contributed by atoms with E-state index in [0.717, 1.165) is 26.6 Å². The van der Waals surface area contributed by atoms with Crippen LogP contribution in [0, 0.1) is 13.8 Å². The molecule has 2 amide bonds. The first-order valence-electron chi connectivity index (χ1n) is 16.0. The van der Waals surface area contributed by atoms with E-state index in [1.54, 1.807) is 43.5 Å². The maximum Gasteiger partial charge on any atom is 0.264 e. The maximum atomic E-state index is 14.8. The summed E-state index contributed by atoms with van der Waals surface area (Å²) in [6.45, 7) is 7.04. The summed E-state index contributed by atoms with van der Waals surface area (Å²) in [5, 5.41) is 3.06. The third-order valence-corrected chi connectivity index (χ3v) is 10.0. The first kappa shape index (κ1) is 36.0. The smallest absolute Gasteiger partial charge is 0.264 e. The van der Waals surface area contributed by atoms with Gasteiger partial charge in [0, 0.05) is 19.0 Å². The summed E-state index contributed by atoms with van der Waals surface area (Å²) in [5.41, 5.74) is 3.47. The van der Waals surface area contributed by atoms with Gasteiger partial charge in [0.05, 0.1) is 24.8 Å². The van der Waals surface area contributed by atoms with Crippen molar-refractivity contribution in [2.75, 3.05) is 25.1 Å². The van der Waals surface area contributed by atoms with Crippen LogP contribution in [0.15, 0.2) is 102 Å². The number of rotatable bonds is 15. The molecule has 0 aromatic heterocycles. The Morgan fingerprint density at radius 1 is 0.812 bits per heavy atom. The monoisotopic (exact) mass is 671 g/mol. The minimum absolute atomic E-state index is 0.0270. The Kier molecular flexibility index (Phi) is 12.2. The Morgan fingerprint density at radius 2 is 1.48 bits per heavy atom. The molecule has 2 atom stereocenters. The van der Waals surface area contributed by atoms with E-state index in [9.17, 15) is 18.0 Å². The fourth-order valence-electron chi connectivity index (χ4n) is 5.31. The van der Waals surface area contributed by atoms with Crippen LogP contribution in [0.1, 0.15) is 42.5 Å². The molecule has 0 radical (unpaired) electrons. The number of methoxy groups -OCH3 is 2. The molecule has 48 heavy (non-hydrogen) atoms. The van der Waals surface area contributed by atoms with Gasteiger partial charge < -0.3 is 19.7 Å². The molecule has 9 nitrogen and oxygen atoms in total. The van der Waals surface area contributed by atoms with Crippen LogP contribution in [-0.2, 0) is 32.6 Å². The highest BCUT2D eigenvalue weighted by Crippen LogP contribution is 2.34. The highest BCUT2D eigenvalue weighted by atomic mass is 32.2. The molecule has 0 aliphatic carbocycles. The minimum atomic E-state index is -4.27. The number of carbonyl (C=O) groups excluding carboxylic acids is 2. The second-order valence-electron chi connectivity index (χ2n) is 11.9. The third-order valence-electron chi connectivity index (χ3n) is 8.25. The molecule has 10 heteroatoms. The van der Waals surface area contributed by atoms with Gasteiger partial charge in [0.25, 0.3) is 10.0 Å². The fourth-order valence-corrected chi connectivity index (χ4v) is 6.72.